The minimum atomic E-state index is -0.557. The average Bonchev–Trinajstić information content (AvgIpc) is 3.14. The Kier molecular flexibility index (Phi) is 4.17. The summed E-state index contributed by atoms with van der Waals surface area (Å²) in [6.07, 6.45) is 3.05. The predicted molar refractivity (Wildman–Crippen MR) is 83.9 cm³/mol. The van der Waals surface area contributed by atoms with E-state index in [0.29, 0.717) is 17.7 Å². The Morgan fingerprint density at radius 2 is 1.71 bits per heavy atom. The van der Waals surface area contributed by atoms with E-state index in [4.69, 9.17) is 10.5 Å². The molecule has 24 heavy (non-hydrogen) atoms. The molecule has 1 aromatic heterocycles. The number of anilines is 1. The Labute approximate surface area is 137 Å². The first-order valence-corrected chi connectivity index (χ1v) is 7.02. The number of hydrogen-bond acceptors (Lipinski definition) is 5. The van der Waals surface area contributed by atoms with Crippen molar-refractivity contribution in [2.75, 3.05) is 5.01 Å². The lowest BCUT2D eigenvalue weighted by molar-refractivity contribution is 0.617. The van der Waals surface area contributed by atoms with Gasteiger partial charge in [0, 0.05) is 0 Å². The first-order chi connectivity index (χ1) is 11.7. The van der Waals surface area contributed by atoms with Gasteiger partial charge < -0.3 is 0 Å². The summed E-state index contributed by atoms with van der Waals surface area (Å²) < 4.78 is 15.5. The van der Waals surface area contributed by atoms with E-state index in [1.165, 1.54) is 24.8 Å². The summed E-state index contributed by atoms with van der Waals surface area (Å²) in [6.45, 7) is 0.340. The fourth-order valence-electron chi connectivity index (χ4n) is 2.25. The number of rotatable bonds is 4. The lowest BCUT2D eigenvalue weighted by atomic mass is 10.1. The number of nitriles is 2. The zero-order valence-electron chi connectivity index (χ0n) is 12.5. The molecule has 6 nitrogen and oxygen atoms in total. The lowest BCUT2D eigenvalue weighted by Gasteiger charge is -2.25. The third-order valence-electron chi connectivity index (χ3n) is 3.47. The van der Waals surface area contributed by atoms with Gasteiger partial charge in [-0.15, -0.1) is 10.2 Å². The van der Waals surface area contributed by atoms with Crippen LogP contribution in [0.4, 0.5) is 10.1 Å². The van der Waals surface area contributed by atoms with E-state index < -0.39 is 5.82 Å². The molecule has 0 N–H and O–H groups in total. The Morgan fingerprint density at radius 3 is 2.29 bits per heavy atom. The molecule has 7 heteroatoms. The Hall–Kier alpha value is -3.71. The molecule has 0 fully saturated rings. The molecule has 0 radical (unpaired) electrons. The van der Waals surface area contributed by atoms with Gasteiger partial charge in [-0.2, -0.15) is 10.5 Å². The topological polar surface area (TPSA) is 81.5 Å². The number of aromatic nitrogens is 3. The standard InChI is InChI=1S/C17H11FN6/c18-17-7-14(1-4-15(17)9-20)10-24(23-11-21-22-12-23)16-5-2-13(8-19)3-6-16/h1-7,11-12H,10H2. The van der Waals surface area contributed by atoms with Crippen LogP contribution in [-0.2, 0) is 6.54 Å². The van der Waals surface area contributed by atoms with Crippen molar-refractivity contribution in [2.45, 2.75) is 6.54 Å². The van der Waals surface area contributed by atoms with Crippen molar-refractivity contribution in [2.24, 2.45) is 0 Å². The SMILES string of the molecule is N#Cc1ccc(N(Cc2ccc(C#N)c(F)c2)n2cnnc2)cc1. The average molecular weight is 318 g/mol. The highest BCUT2D eigenvalue weighted by Crippen LogP contribution is 2.20. The van der Waals surface area contributed by atoms with Crippen molar-refractivity contribution < 1.29 is 4.39 Å². The van der Waals surface area contributed by atoms with Crippen LogP contribution in [-0.4, -0.2) is 14.9 Å². The smallest absolute Gasteiger partial charge is 0.141 e. The predicted octanol–water partition coefficient (Wildman–Crippen LogP) is 2.63. The molecule has 0 spiro atoms. The largest absolute Gasteiger partial charge is 0.274 e. The molecule has 0 aliphatic rings. The normalized spacial score (nSPS) is 9.96. The van der Waals surface area contributed by atoms with E-state index >= 15 is 0 Å². The van der Waals surface area contributed by atoms with Gasteiger partial charge in [0.05, 0.1) is 29.4 Å². The maximum absolute atomic E-state index is 13.8. The second-order valence-corrected chi connectivity index (χ2v) is 4.98. The molecule has 2 aromatic carbocycles. The third-order valence-corrected chi connectivity index (χ3v) is 3.47. The summed E-state index contributed by atoms with van der Waals surface area (Å²) in [6, 6.07) is 15.3. The summed E-state index contributed by atoms with van der Waals surface area (Å²) in [7, 11) is 0. The molecule has 0 aliphatic heterocycles. The first-order valence-electron chi connectivity index (χ1n) is 7.02. The highest BCUT2D eigenvalue weighted by molar-refractivity contribution is 5.50. The second-order valence-electron chi connectivity index (χ2n) is 4.98. The monoisotopic (exact) mass is 318 g/mol. The zero-order chi connectivity index (χ0) is 16.9. The summed E-state index contributed by atoms with van der Waals surface area (Å²) >= 11 is 0. The molecule has 0 bridgehead atoms. The molecule has 0 unspecified atom stereocenters. The summed E-state index contributed by atoms with van der Waals surface area (Å²) in [4.78, 5) is 0. The molecule has 3 rings (SSSR count). The highest BCUT2D eigenvalue weighted by Gasteiger charge is 2.12. The maximum Gasteiger partial charge on any atom is 0.141 e. The van der Waals surface area contributed by atoms with Gasteiger partial charge in [-0.05, 0) is 42.0 Å². The molecule has 0 saturated heterocycles. The molecule has 0 amide bonds. The quantitative estimate of drug-likeness (QED) is 0.738. The van der Waals surface area contributed by atoms with Gasteiger partial charge in [0.25, 0.3) is 0 Å². The van der Waals surface area contributed by atoms with Crippen LogP contribution in [0.1, 0.15) is 16.7 Å². The third kappa shape index (κ3) is 3.06. The van der Waals surface area contributed by atoms with Crippen LogP contribution < -0.4 is 5.01 Å². The van der Waals surface area contributed by atoms with E-state index in [-0.39, 0.29) is 5.56 Å². The van der Waals surface area contributed by atoms with Gasteiger partial charge in [0.1, 0.15) is 24.5 Å². The van der Waals surface area contributed by atoms with Gasteiger partial charge in [-0.3, -0.25) is 5.01 Å². The van der Waals surface area contributed by atoms with Gasteiger partial charge >= 0.3 is 0 Å². The molecular weight excluding hydrogens is 307 g/mol. The molecule has 1 heterocycles. The summed E-state index contributed by atoms with van der Waals surface area (Å²) in [5.41, 5.74) is 2.03. The van der Waals surface area contributed by atoms with Gasteiger partial charge in [-0.25, -0.2) is 9.07 Å². The van der Waals surface area contributed by atoms with E-state index in [1.807, 2.05) is 5.01 Å². The Morgan fingerprint density at radius 1 is 1.00 bits per heavy atom. The molecular formula is C17H11FN6. The number of nitrogens with zero attached hydrogens (tertiary/aromatic N) is 6. The highest BCUT2D eigenvalue weighted by atomic mass is 19.1. The minimum Gasteiger partial charge on any atom is -0.274 e. The van der Waals surface area contributed by atoms with Gasteiger partial charge in [-0.1, -0.05) is 6.07 Å². The van der Waals surface area contributed by atoms with Crippen LogP contribution in [0.15, 0.2) is 55.1 Å². The molecule has 0 atom stereocenters. The van der Waals surface area contributed by atoms with Crippen LogP contribution >= 0.6 is 0 Å². The van der Waals surface area contributed by atoms with Crippen LogP contribution in [0, 0.1) is 28.5 Å². The minimum absolute atomic E-state index is 0.00738. The fourth-order valence-corrected chi connectivity index (χ4v) is 2.25. The van der Waals surface area contributed by atoms with Gasteiger partial charge in [0.15, 0.2) is 0 Å². The molecule has 0 saturated carbocycles. The summed E-state index contributed by atoms with van der Waals surface area (Å²) in [5.74, 6) is -0.557. The van der Waals surface area contributed by atoms with Crippen molar-refractivity contribution in [3.63, 3.8) is 0 Å². The van der Waals surface area contributed by atoms with Crippen LogP contribution in [0.2, 0.25) is 0 Å². The van der Waals surface area contributed by atoms with E-state index in [1.54, 1.807) is 41.1 Å². The van der Waals surface area contributed by atoms with Crippen LogP contribution in [0.3, 0.4) is 0 Å². The van der Waals surface area contributed by atoms with Crippen LogP contribution in [0.25, 0.3) is 0 Å². The number of hydrogen-bond donors (Lipinski definition) is 0. The first kappa shape index (κ1) is 15.2. The molecule has 3 aromatic rings. The van der Waals surface area contributed by atoms with E-state index in [0.717, 1.165) is 5.69 Å². The summed E-state index contributed by atoms with van der Waals surface area (Å²) in [5, 5.41) is 27.1. The maximum atomic E-state index is 13.8. The van der Waals surface area contributed by atoms with Gasteiger partial charge in [0.2, 0.25) is 0 Å². The second kappa shape index (κ2) is 6.59. The Balaban J connectivity index is 1.95. The van der Waals surface area contributed by atoms with E-state index in [2.05, 4.69) is 16.3 Å². The van der Waals surface area contributed by atoms with Crippen molar-refractivity contribution in [3.8, 4) is 12.1 Å². The molecule has 0 aliphatic carbocycles. The number of benzene rings is 2. The van der Waals surface area contributed by atoms with Crippen molar-refractivity contribution >= 4 is 5.69 Å². The number of halogens is 1. The van der Waals surface area contributed by atoms with Crippen molar-refractivity contribution in [1.29, 1.82) is 10.5 Å². The van der Waals surface area contributed by atoms with E-state index in [9.17, 15) is 4.39 Å². The lowest BCUT2D eigenvalue weighted by Crippen LogP contribution is -2.27. The van der Waals surface area contributed by atoms with Crippen LogP contribution in [0.5, 0.6) is 0 Å². The molecule has 116 valence electrons. The van der Waals surface area contributed by atoms with Crippen molar-refractivity contribution in [1.82, 2.24) is 14.9 Å². The van der Waals surface area contributed by atoms with Crippen molar-refractivity contribution in [3.05, 3.63) is 77.6 Å². The Bertz CT molecular complexity index is 919. The fraction of sp³-hybridized carbons (Fsp3) is 0.0588. The zero-order valence-corrected chi connectivity index (χ0v) is 12.5.